The molecule has 0 fully saturated rings. The average Bonchev–Trinajstić information content (AvgIpc) is 2.31. The maximum Gasteiger partial charge on any atom is 0.295 e. The van der Waals surface area contributed by atoms with Gasteiger partial charge < -0.3 is 5.11 Å². The van der Waals surface area contributed by atoms with Crippen LogP contribution in [0.1, 0.15) is 50.7 Å². The van der Waals surface area contributed by atoms with E-state index in [-0.39, 0.29) is 23.1 Å². The van der Waals surface area contributed by atoms with Crippen LogP contribution in [-0.2, 0) is 23.0 Å². The maximum absolute atomic E-state index is 11.6. The first-order chi connectivity index (χ1) is 8.90. The lowest BCUT2D eigenvalue weighted by atomic mass is 10.0. The van der Waals surface area contributed by atoms with Crippen molar-refractivity contribution in [3.05, 3.63) is 23.3 Å². The summed E-state index contributed by atoms with van der Waals surface area (Å²) in [5.41, 5.74) is 1.02. The van der Waals surface area contributed by atoms with Crippen molar-refractivity contribution in [1.82, 2.24) is 0 Å². The summed E-state index contributed by atoms with van der Waals surface area (Å²) >= 11 is 0. The van der Waals surface area contributed by atoms with Gasteiger partial charge in [-0.2, -0.15) is 8.42 Å². The number of rotatable bonds is 7. The number of hydrogen-bond donors (Lipinski definition) is 2. The fourth-order valence-corrected chi connectivity index (χ4v) is 3.16. The van der Waals surface area contributed by atoms with Gasteiger partial charge in [-0.3, -0.25) is 4.55 Å². The van der Waals surface area contributed by atoms with E-state index in [1.807, 2.05) is 13.8 Å². The second-order valence-corrected chi connectivity index (χ2v) is 6.13. The van der Waals surface area contributed by atoms with Gasteiger partial charge in [0.15, 0.2) is 0 Å². The zero-order valence-corrected chi connectivity index (χ0v) is 13.6. The molecule has 20 heavy (non-hydrogen) atoms. The van der Waals surface area contributed by atoms with Crippen molar-refractivity contribution in [2.45, 2.75) is 57.3 Å². The number of aryl methyl sites for hydroxylation is 2. The molecular formula is C14H23ClO4S. The molecule has 0 aliphatic rings. The molecule has 0 aliphatic carbocycles. The third-order valence-electron chi connectivity index (χ3n) is 3.08. The number of unbranched alkanes of at least 4 members (excludes halogenated alkanes) is 2. The molecule has 0 radical (unpaired) electrons. The molecule has 0 aromatic heterocycles. The van der Waals surface area contributed by atoms with Gasteiger partial charge in [0.25, 0.3) is 10.1 Å². The van der Waals surface area contributed by atoms with Crippen LogP contribution in [0.25, 0.3) is 0 Å². The highest BCUT2D eigenvalue weighted by Crippen LogP contribution is 2.28. The zero-order chi connectivity index (χ0) is 14.5. The Hall–Kier alpha value is -0.780. The molecule has 0 spiro atoms. The van der Waals surface area contributed by atoms with E-state index in [9.17, 15) is 18.1 Å². The predicted molar refractivity (Wildman–Crippen MR) is 82.4 cm³/mol. The average molecular weight is 323 g/mol. The van der Waals surface area contributed by atoms with Gasteiger partial charge in [-0.15, -0.1) is 12.4 Å². The smallest absolute Gasteiger partial charge is 0.295 e. The summed E-state index contributed by atoms with van der Waals surface area (Å²) in [7, 11) is -4.25. The van der Waals surface area contributed by atoms with Gasteiger partial charge in [0.05, 0.1) is 0 Å². The van der Waals surface area contributed by atoms with Gasteiger partial charge in [-0.1, -0.05) is 26.7 Å². The first-order valence-corrected chi connectivity index (χ1v) is 8.16. The van der Waals surface area contributed by atoms with Crippen LogP contribution in [0.5, 0.6) is 5.75 Å². The fraction of sp³-hybridized carbons (Fsp3) is 0.571. The van der Waals surface area contributed by atoms with E-state index in [1.54, 1.807) is 0 Å². The van der Waals surface area contributed by atoms with Crippen molar-refractivity contribution in [2.75, 3.05) is 0 Å². The van der Waals surface area contributed by atoms with Crippen LogP contribution in [0.4, 0.5) is 0 Å². The number of phenols is 1. The largest absolute Gasteiger partial charge is 0.508 e. The van der Waals surface area contributed by atoms with Crippen LogP contribution < -0.4 is 0 Å². The van der Waals surface area contributed by atoms with Crippen molar-refractivity contribution in [3.8, 4) is 5.75 Å². The second-order valence-electron chi connectivity index (χ2n) is 4.78. The third-order valence-corrected chi connectivity index (χ3v) is 4.13. The van der Waals surface area contributed by atoms with Crippen LogP contribution in [0, 0.1) is 0 Å². The van der Waals surface area contributed by atoms with Gasteiger partial charge in [-0.25, -0.2) is 0 Å². The predicted octanol–water partition coefficient (Wildman–Crippen LogP) is 3.75. The van der Waals surface area contributed by atoms with E-state index >= 15 is 0 Å². The molecular weight excluding hydrogens is 300 g/mol. The molecule has 6 heteroatoms. The maximum atomic E-state index is 11.6. The molecule has 0 unspecified atom stereocenters. The van der Waals surface area contributed by atoms with Crippen LogP contribution >= 0.6 is 12.4 Å². The molecule has 1 aromatic rings. The Balaban J connectivity index is 0.00000361. The first kappa shape index (κ1) is 19.2. The minimum atomic E-state index is -4.25. The van der Waals surface area contributed by atoms with Crippen molar-refractivity contribution in [3.63, 3.8) is 0 Å². The van der Waals surface area contributed by atoms with Gasteiger partial charge >= 0.3 is 0 Å². The number of phenolic OH excluding ortho intramolecular Hbond substituents is 1. The molecule has 4 nitrogen and oxygen atoms in total. The van der Waals surface area contributed by atoms with Crippen LogP contribution in [0.3, 0.4) is 0 Å². The van der Waals surface area contributed by atoms with Gasteiger partial charge in [0, 0.05) is 0 Å². The Labute approximate surface area is 127 Å². The van der Waals surface area contributed by atoms with Gasteiger partial charge in [0.1, 0.15) is 10.6 Å². The summed E-state index contributed by atoms with van der Waals surface area (Å²) in [6.45, 7) is 4.02. The lowest BCUT2D eigenvalue weighted by Gasteiger charge is -2.13. The topological polar surface area (TPSA) is 74.6 Å². The lowest BCUT2D eigenvalue weighted by molar-refractivity contribution is 0.468. The van der Waals surface area contributed by atoms with Crippen molar-refractivity contribution in [2.24, 2.45) is 0 Å². The Bertz CT molecular complexity index is 497. The summed E-state index contributed by atoms with van der Waals surface area (Å²) in [6.07, 6.45) is 4.56. The Kier molecular flexibility index (Phi) is 8.16. The summed E-state index contributed by atoms with van der Waals surface area (Å²) in [6, 6.07) is 2.88. The standard InChI is InChI=1S/C14H22O4S.ClH/c1-3-5-7-11-9-13(15)10-12(8-6-4-2)14(11)19(16,17)18;/h9-10,15H,3-8H2,1-2H3,(H,16,17,18);1H. The highest BCUT2D eigenvalue weighted by atomic mass is 35.5. The monoisotopic (exact) mass is 322 g/mol. The molecule has 0 atom stereocenters. The lowest BCUT2D eigenvalue weighted by Crippen LogP contribution is -2.08. The number of benzene rings is 1. The van der Waals surface area contributed by atoms with Crippen molar-refractivity contribution in [1.29, 1.82) is 0 Å². The SMILES string of the molecule is CCCCc1cc(O)cc(CCCC)c1S(=O)(=O)O.Cl. The van der Waals surface area contributed by atoms with Crippen molar-refractivity contribution >= 4 is 22.5 Å². The molecule has 116 valence electrons. The number of halogens is 1. The Morgan fingerprint density at radius 1 is 1.00 bits per heavy atom. The zero-order valence-electron chi connectivity index (χ0n) is 11.9. The van der Waals surface area contributed by atoms with Crippen LogP contribution in [0.2, 0.25) is 0 Å². The molecule has 0 bridgehead atoms. The molecule has 0 heterocycles. The highest BCUT2D eigenvalue weighted by molar-refractivity contribution is 7.86. The van der Waals surface area contributed by atoms with Gasteiger partial charge in [-0.05, 0) is 48.9 Å². The summed E-state index contributed by atoms with van der Waals surface area (Å²) < 4.78 is 32.6. The molecule has 2 N–H and O–H groups in total. The minimum absolute atomic E-state index is 0. The quantitative estimate of drug-likeness (QED) is 0.750. The van der Waals surface area contributed by atoms with E-state index in [0.29, 0.717) is 24.0 Å². The summed E-state index contributed by atoms with van der Waals surface area (Å²) in [5.74, 6) is 0.0598. The van der Waals surface area contributed by atoms with Crippen LogP contribution in [0.15, 0.2) is 17.0 Å². The van der Waals surface area contributed by atoms with E-state index in [1.165, 1.54) is 12.1 Å². The van der Waals surface area contributed by atoms with E-state index in [2.05, 4.69) is 0 Å². The molecule has 1 aromatic carbocycles. The molecule has 1 rings (SSSR count). The van der Waals surface area contributed by atoms with Crippen molar-refractivity contribution < 1.29 is 18.1 Å². The molecule has 0 saturated carbocycles. The highest BCUT2D eigenvalue weighted by Gasteiger charge is 2.21. The summed E-state index contributed by atoms with van der Waals surface area (Å²) in [5, 5.41) is 9.71. The fourth-order valence-electron chi connectivity index (χ4n) is 2.17. The molecule has 0 saturated heterocycles. The summed E-state index contributed by atoms with van der Waals surface area (Å²) in [4.78, 5) is -0.00722. The molecule has 0 amide bonds. The second kappa shape index (κ2) is 8.49. The minimum Gasteiger partial charge on any atom is -0.508 e. The number of aromatic hydroxyl groups is 1. The van der Waals surface area contributed by atoms with Crippen LogP contribution in [-0.4, -0.2) is 18.1 Å². The normalized spacial score (nSPS) is 11.2. The molecule has 0 aliphatic heterocycles. The van der Waals surface area contributed by atoms with E-state index in [0.717, 1.165) is 25.7 Å². The Morgan fingerprint density at radius 2 is 1.40 bits per heavy atom. The number of hydrogen-bond acceptors (Lipinski definition) is 3. The van der Waals surface area contributed by atoms with Gasteiger partial charge in [0.2, 0.25) is 0 Å². The first-order valence-electron chi connectivity index (χ1n) is 6.72. The third kappa shape index (κ3) is 5.31. The van der Waals surface area contributed by atoms with E-state index < -0.39 is 10.1 Å². The van der Waals surface area contributed by atoms with E-state index in [4.69, 9.17) is 0 Å². The Morgan fingerprint density at radius 3 is 1.70 bits per heavy atom.